The van der Waals surface area contributed by atoms with E-state index >= 15 is 0 Å². The Hall–Kier alpha value is -0.200. The molecular weight excluding hydrogens is 162 g/mol. The summed E-state index contributed by atoms with van der Waals surface area (Å²) in [7, 11) is 0. The quantitative estimate of drug-likeness (QED) is 0.319. The molecule has 0 aromatic heterocycles. The minimum absolute atomic E-state index is 0.00296. The van der Waals surface area contributed by atoms with Gasteiger partial charge in [0, 0.05) is 26.1 Å². The van der Waals surface area contributed by atoms with Crippen molar-refractivity contribution in [1.29, 1.82) is 0 Å². The molecular formula is C7H15NO4. The summed E-state index contributed by atoms with van der Waals surface area (Å²) in [6.07, 6.45) is -2.04. The van der Waals surface area contributed by atoms with E-state index in [-0.39, 0.29) is 26.1 Å². The van der Waals surface area contributed by atoms with Gasteiger partial charge in [0.05, 0.1) is 12.2 Å². The van der Waals surface area contributed by atoms with Crippen LogP contribution in [0.3, 0.4) is 0 Å². The van der Waals surface area contributed by atoms with Gasteiger partial charge in [-0.15, -0.1) is 0 Å². The highest BCUT2D eigenvalue weighted by Crippen LogP contribution is 2.22. The second-order valence-electron chi connectivity index (χ2n) is 3.15. The van der Waals surface area contributed by atoms with Crippen molar-refractivity contribution in [2.45, 2.75) is 24.2 Å². The Balaban J connectivity index is 2.66. The third-order valence-electron chi connectivity index (χ3n) is 2.34. The summed E-state index contributed by atoms with van der Waals surface area (Å²) >= 11 is 0. The van der Waals surface area contributed by atoms with Crippen molar-refractivity contribution in [2.24, 2.45) is 0 Å². The first-order chi connectivity index (χ1) is 5.61. The van der Waals surface area contributed by atoms with E-state index < -0.39 is 17.8 Å². The van der Waals surface area contributed by atoms with Gasteiger partial charge in [-0.1, -0.05) is 0 Å². The van der Waals surface area contributed by atoms with E-state index in [2.05, 4.69) is 5.32 Å². The Labute approximate surface area is 70.6 Å². The predicted molar refractivity (Wildman–Crippen MR) is 41.5 cm³/mol. The maximum Gasteiger partial charge on any atom is 0.121 e. The van der Waals surface area contributed by atoms with Crippen molar-refractivity contribution in [1.82, 2.24) is 5.32 Å². The van der Waals surface area contributed by atoms with Gasteiger partial charge in [0.1, 0.15) is 5.60 Å². The van der Waals surface area contributed by atoms with Crippen LogP contribution in [-0.4, -0.2) is 57.9 Å². The van der Waals surface area contributed by atoms with Gasteiger partial charge >= 0.3 is 0 Å². The van der Waals surface area contributed by atoms with Gasteiger partial charge < -0.3 is 25.7 Å². The number of hydrogen-bond donors (Lipinski definition) is 5. The number of nitrogens with one attached hydrogen (secondary N) is 1. The summed E-state index contributed by atoms with van der Waals surface area (Å²) < 4.78 is 0. The molecule has 3 atom stereocenters. The van der Waals surface area contributed by atoms with Crippen LogP contribution < -0.4 is 5.32 Å². The summed E-state index contributed by atoms with van der Waals surface area (Å²) in [5, 5.41) is 39.8. The lowest BCUT2D eigenvalue weighted by molar-refractivity contribution is -0.166. The van der Waals surface area contributed by atoms with E-state index in [1.54, 1.807) is 0 Å². The van der Waals surface area contributed by atoms with E-state index in [4.69, 9.17) is 5.11 Å². The molecule has 1 rings (SSSR count). The van der Waals surface area contributed by atoms with Crippen LogP contribution in [-0.2, 0) is 0 Å². The summed E-state index contributed by atoms with van der Waals surface area (Å²) in [6.45, 7) is 0.242. The standard InChI is InChI=1S/C7H15NO4/c9-2-1-7(12)5(10)3-8-4-6(7)11/h5-6,8-12H,1-4H2/t5-,6+,7?. The summed E-state index contributed by atoms with van der Waals surface area (Å²) in [4.78, 5) is 0. The van der Waals surface area contributed by atoms with Crippen molar-refractivity contribution in [3.05, 3.63) is 0 Å². The van der Waals surface area contributed by atoms with Crippen LogP contribution in [0, 0.1) is 0 Å². The third-order valence-corrected chi connectivity index (χ3v) is 2.34. The largest absolute Gasteiger partial charge is 0.396 e. The van der Waals surface area contributed by atoms with Gasteiger partial charge in [-0.25, -0.2) is 0 Å². The molecule has 5 N–H and O–H groups in total. The minimum Gasteiger partial charge on any atom is -0.396 e. The zero-order valence-corrected chi connectivity index (χ0v) is 6.77. The van der Waals surface area contributed by atoms with Crippen LogP contribution in [0.5, 0.6) is 0 Å². The lowest BCUT2D eigenvalue weighted by Crippen LogP contribution is -2.63. The van der Waals surface area contributed by atoms with Crippen molar-refractivity contribution in [2.75, 3.05) is 19.7 Å². The average molecular weight is 177 g/mol. The van der Waals surface area contributed by atoms with Crippen molar-refractivity contribution >= 4 is 0 Å². The molecule has 0 aliphatic carbocycles. The van der Waals surface area contributed by atoms with Gasteiger partial charge in [-0.05, 0) is 0 Å². The third kappa shape index (κ3) is 1.60. The van der Waals surface area contributed by atoms with Gasteiger partial charge in [0.2, 0.25) is 0 Å². The normalized spacial score (nSPS) is 43.0. The van der Waals surface area contributed by atoms with E-state index in [1.165, 1.54) is 0 Å². The first-order valence-electron chi connectivity index (χ1n) is 4.01. The van der Waals surface area contributed by atoms with Gasteiger partial charge in [0.25, 0.3) is 0 Å². The van der Waals surface area contributed by atoms with E-state index in [1.807, 2.05) is 0 Å². The second kappa shape index (κ2) is 3.68. The fourth-order valence-corrected chi connectivity index (χ4v) is 1.44. The van der Waals surface area contributed by atoms with Crippen molar-refractivity contribution in [3.8, 4) is 0 Å². The highest BCUT2D eigenvalue weighted by atomic mass is 16.4. The van der Waals surface area contributed by atoms with Crippen LogP contribution in [0.1, 0.15) is 6.42 Å². The Bertz CT molecular complexity index is 142. The molecule has 1 heterocycles. The molecule has 0 spiro atoms. The molecule has 0 radical (unpaired) electrons. The Morgan fingerprint density at radius 3 is 2.17 bits per heavy atom. The lowest BCUT2D eigenvalue weighted by Gasteiger charge is -2.40. The number of β-amino-alcohol motifs (C(OH)–C–C–N with tert-alkyl or cyclic N) is 2. The number of aliphatic hydroxyl groups is 4. The molecule has 0 aromatic carbocycles. The lowest BCUT2D eigenvalue weighted by atomic mass is 9.84. The Kier molecular flexibility index (Phi) is 3.03. The highest BCUT2D eigenvalue weighted by Gasteiger charge is 2.44. The molecule has 5 heteroatoms. The Morgan fingerprint density at radius 2 is 1.75 bits per heavy atom. The van der Waals surface area contributed by atoms with E-state index in [0.29, 0.717) is 0 Å². The van der Waals surface area contributed by atoms with Crippen LogP contribution in [0.15, 0.2) is 0 Å². The maximum atomic E-state index is 9.71. The molecule has 1 aliphatic rings. The molecule has 72 valence electrons. The molecule has 12 heavy (non-hydrogen) atoms. The molecule has 0 bridgehead atoms. The Morgan fingerprint density at radius 1 is 1.25 bits per heavy atom. The van der Waals surface area contributed by atoms with Crippen molar-refractivity contribution in [3.63, 3.8) is 0 Å². The number of aliphatic hydroxyl groups excluding tert-OH is 3. The first-order valence-corrected chi connectivity index (χ1v) is 4.01. The van der Waals surface area contributed by atoms with Crippen LogP contribution in [0.25, 0.3) is 0 Å². The summed E-state index contributed by atoms with van der Waals surface area (Å²) in [5.41, 5.74) is -1.56. The fraction of sp³-hybridized carbons (Fsp3) is 1.00. The zero-order valence-electron chi connectivity index (χ0n) is 6.77. The SMILES string of the molecule is OCCC1(O)[C@H](O)CNC[C@@H]1O. The smallest absolute Gasteiger partial charge is 0.121 e. The fourth-order valence-electron chi connectivity index (χ4n) is 1.44. The van der Waals surface area contributed by atoms with Gasteiger partial charge in [-0.2, -0.15) is 0 Å². The topological polar surface area (TPSA) is 93.0 Å². The number of rotatable bonds is 2. The average Bonchev–Trinajstić information content (AvgIpc) is 2.02. The molecule has 5 nitrogen and oxygen atoms in total. The van der Waals surface area contributed by atoms with Crippen molar-refractivity contribution < 1.29 is 20.4 Å². The molecule has 0 saturated carbocycles. The molecule has 1 saturated heterocycles. The monoisotopic (exact) mass is 177 g/mol. The van der Waals surface area contributed by atoms with Crippen LogP contribution >= 0.6 is 0 Å². The summed E-state index contributed by atoms with van der Waals surface area (Å²) in [5.74, 6) is 0. The minimum atomic E-state index is -1.56. The molecule has 0 aromatic rings. The second-order valence-corrected chi connectivity index (χ2v) is 3.15. The molecule has 1 fully saturated rings. The molecule has 1 aliphatic heterocycles. The number of piperidine rings is 1. The maximum absolute atomic E-state index is 9.71. The van der Waals surface area contributed by atoms with Crippen LogP contribution in [0.2, 0.25) is 0 Å². The van der Waals surface area contributed by atoms with Crippen LogP contribution in [0.4, 0.5) is 0 Å². The summed E-state index contributed by atoms with van der Waals surface area (Å²) in [6, 6.07) is 0. The van der Waals surface area contributed by atoms with Gasteiger partial charge in [-0.3, -0.25) is 0 Å². The number of hydrogen-bond acceptors (Lipinski definition) is 5. The zero-order chi connectivity index (χ0) is 9.19. The first kappa shape index (κ1) is 9.88. The highest BCUT2D eigenvalue weighted by molar-refractivity contribution is 4.98. The molecule has 0 amide bonds. The molecule has 1 unspecified atom stereocenters. The van der Waals surface area contributed by atoms with Gasteiger partial charge in [0.15, 0.2) is 0 Å². The van der Waals surface area contributed by atoms with E-state index in [9.17, 15) is 15.3 Å². The predicted octanol–water partition coefficient (Wildman–Crippen LogP) is -2.58. The van der Waals surface area contributed by atoms with E-state index in [0.717, 1.165) is 0 Å².